The van der Waals surface area contributed by atoms with E-state index in [0.29, 0.717) is 28.2 Å². The van der Waals surface area contributed by atoms with Crippen LogP contribution in [0.4, 0.5) is 0 Å². The van der Waals surface area contributed by atoms with E-state index in [1.54, 1.807) is 48.2 Å². The van der Waals surface area contributed by atoms with Crippen LogP contribution in [0.5, 0.6) is 0 Å². The Morgan fingerprint density at radius 1 is 1.23 bits per heavy atom. The van der Waals surface area contributed by atoms with E-state index < -0.39 is 12.0 Å². The van der Waals surface area contributed by atoms with Gasteiger partial charge in [-0.05, 0) is 24.3 Å². The Labute approximate surface area is 146 Å². The van der Waals surface area contributed by atoms with Gasteiger partial charge in [-0.3, -0.25) is 9.36 Å². The van der Waals surface area contributed by atoms with Gasteiger partial charge >= 0.3 is 11.7 Å². The Kier molecular flexibility index (Phi) is 3.58. The van der Waals surface area contributed by atoms with Crippen LogP contribution in [-0.2, 0) is 18.3 Å². The Hall–Kier alpha value is -3.46. The van der Waals surface area contributed by atoms with Gasteiger partial charge in [0.1, 0.15) is 6.04 Å². The van der Waals surface area contributed by atoms with E-state index in [1.807, 2.05) is 6.07 Å². The first-order valence-corrected chi connectivity index (χ1v) is 7.95. The summed E-state index contributed by atoms with van der Waals surface area (Å²) in [6, 6.07) is 6.06. The summed E-state index contributed by atoms with van der Waals surface area (Å²) in [7, 11) is 1.69. The fourth-order valence-electron chi connectivity index (χ4n) is 3.09. The number of carboxylic acids is 1. The maximum absolute atomic E-state index is 12.8. The molecule has 0 radical (unpaired) electrons. The second-order valence-corrected chi connectivity index (χ2v) is 6.00. The molecule has 0 aliphatic heterocycles. The number of nitrogens with zero attached hydrogens (tertiary/aromatic N) is 5. The van der Waals surface area contributed by atoms with Crippen LogP contribution in [0, 0.1) is 0 Å². The monoisotopic (exact) mass is 352 g/mol. The zero-order valence-corrected chi connectivity index (χ0v) is 13.9. The SMILES string of the molecule is Cn1c(=O)n(-c2ccc(C[C@H](N)C(=O)O)n3ccnc23)c2ncccc21. The van der Waals surface area contributed by atoms with Gasteiger partial charge in [-0.15, -0.1) is 0 Å². The summed E-state index contributed by atoms with van der Waals surface area (Å²) in [6.07, 6.45) is 5.08. The van der Waals surface area contributed by atoms with Crippen LogP contribution in [0.2, 0.25) is 0 Å². The summed E-state index contributed by atoms with van der Waals surface area (Å²) in [4.78, 5) is 32.5. The Bertz CT molecular complexity index is 1200. The van der Waals surface area contributed by atoms with E-state index in [1.165, 1.54) is 9.13 Å². The van der Waals surface area contributed by atoms with Crippen LogP contribution in [0.3, 0.4) is 0 Å². The molecule has 132 valence electrons. The normalized spacial score (nSPS) is 12.7. The first kappa shape index (κ1) is 16.0. The number of imidazole rings is 2. The number of aliphatic carboxylic acids is 1. The summed E-state index contributed by atoms with van der Waals surface area (Å²) in [6.45, 7) is 0. The lowest BCUT2D eigenvalue weighted by atomic mass is 10.1. The van der Waals surface area contributed by atoms with Crippen LogP contribution in [0.1, 0.15) is 5.69 Å². The van der Waals surface area contributed by atoms with Gasteiger partial charge in [0.2, 0.25) is 0 Å². The van der Waals surface area contributed by atoms with Crippen LogP contribution < -0.4 is 11.4 Å². The highest BCUT2D eigenvalue weighted by molar-refractivity contribution is 5.76. The molecule has 0 saturated heterocycles. The highest BCUT2D eigenvalue weighted by Gasteiger charge is 2.19. The molecule has 0 aromatic carbocycles. The molecule has 4 aromatic heterocycles. The summed E-state index contributed by atoms with van der Waals surface area (Å²) in [5.41, 5.74) is 8.44. The fraction of sp³-hybridized carbons (Fsp3) is 0.176. The minimum Gasteiger partial charge on any atom is -0.480 e. The third kappa shape index (κ3) is 2.29. The average molecular weight is 352 g/mol. The van der Waals surface area contributed by atoms with E-state index in [9.17, 15) is 9.59 Å². The van der Waals surface area contributed by atoms with E-state index in [-0.39, 0.29) is 12.1 Å². The van der Waals surface area contributed by atoms with Gasteiger partial charge in [0, 0.05) is 37.8 Å². The molecule has 0 unspecified atom stereocenters. The summed E-state index contributed by atoms with van der Waals surface area (Å²) >= 11 is 0. The number of hydrogen-bond donors (Lipinski definition) is 2. The second-order valence-electron chi connectivity index (χ2n) is 6.00. The van der Waals surface area contributed by atoms with Gasteiger partial charge < -0.3 is 15.2 Å². The molecule has 4 heterocycles. The summed E-state index contributed by atoms with van der Waals surface area (Å²) in [5.74, 6) is -1.07. The molecule has 0 saturated carbocycles. The van der Waals surface area contributed by atoms with Gasteiger partial charge in [-0.1, -0.05) is 0 Å². The van der Waals surface area contributed by atoms with Gasteiger partial charge in [-0.25, -0.2) is 19.3 Å². The maximum Gasteiger partial charge on any atom is 0.334 e. The molecule has 9 nitrogen and oxygen atoms in total. The van der Waals surface area contributed by atoms with Gasteiger partial charge in [-0.2, -0.15) is 0 Å². The fourth-order valence-corrected chi connectivity index (χ4v) is 3.09. The van der Waals surface area contributed by atoms with Crippen molar-refractivity contribution in [3.63, 3.8) is 0 Å². The van der Waals surface area contributed by atoms with Crippen molar-refractivity contribution < 1.29 is 9.90 Å². The molecule has 4 rings (SSSR count). The quantitative estimate of drug-likeness (QED) is 0.546. The molecule has 1 atom stereocenters. The molecule has 0 amide bonds. The standard InChI is InChI=1S/C17H16N6O3/c1-21-12-3-2-6-19-15(12)23(17(21)26)13-5-4-10(9-11(18)16(24)25)22-8-7-20-14(13)22/h2-8,11H,9,18H2,1H3,(H,24,25)/t11-/m0/s1. The van der Waals surface area contributed by atoms with Crippen molar-refractivity contribution in [2.75, 3.05) is 0 Å². The Morgan fingerprint density at radius 2 is 2.00 bits per heavy atom. The number of carbonyl (C=O) groups is 1. The van der Waals surface area contributed by atoms with Crippen LogP contribution in [0.25, 0.3) is 22.5 Å². The number of rotatable bonds is 4. The van der Waals surface area contributed by atoms with Crippen molar-refractivity contribution in [1.29, 1.82) is 0 Å². The van der Waals surface area contributed by atoms with Crippen molar-refractivity contribution in [1.82, 2.24) is 23.5 Å². The number of aryl methyl sites for hydroxylation is 1. The van der Waals surface area contributed by atoms with Crippen molar-refractivity contribution in [3.8, 4) is 5.69 Å². The average Bonchev–Trinajstić information content (AvgIpc) is 3.21. The summed E-state index contributed by atoms with van der Waals surface area (Å²) in [5, 5.41) is 9.05. The highest BCUT2D eigenvalue weighted by Crippen LogP contribution is 2.20. The smallest absolute Gasteiger partial charge is 0.334 e. The number of pyridine rings is 2. The van der Waals surface area contributed by atoms with Crippen LogP contribution >= 0.6 is 0 Å². The van der Waals surface area contributed by atoms with E-state index in [4.69, 9.17) is 10.8 Å². The second kappa shape index (κ2) is 5.81. The van der Waals surface area contributed by atoms with E-state index in [0.717, 1.165) is 0 Å². The van der Waals surface area contributed by atoms with Crippen molar-refractivity contribution >= 4 is 22.8 Å². The maximum atomic E-state index is 12.8. The van der Waals surface area contributed by atoms with Crippen molar-refractivity contribution in [3.05, 3.63) is 59.0 Å². The topological polar surface area (TPSA) is 120 Å². The minimum atomic E-state index is -1.07. The molecule has 0 bridgehead atoms. The molecule has 0 aliphatic carbocycles. The minimum absolute atomic E-state index is 0.144. The molecule has 0 aliphatic rings. The lowest BCUT2D eigenvalue weighted by molar-refractivity contribution is -0.138. The Morgan fingerprint density at radius 3 is 2.77 bits per heavy atom. The first-order chi connectivity index (χ1) is 12.5. The lowest BCUT2D eigenvalue weighted by Gasteiger charge is -2.12. The lowest BCUT2D eigenvalue weighted by Crippen LogP contribution is -2.33. The molecule has 26 heavy (non-hydrogen) atoms. The molecular weight excluding hydrogens is 336 g/mol. The molecule has 9 heteroatoms. The van der Waals surface area contributed by atoms with Crippen molar-refractivity contribution in [2.45, 2.75) is 12.5 Å². The number of nitrogens with two attached hydrogens (primary N) is 1. The third-order valence-electron chi connectivity index (χ3n) is 4.42. The molecular formula is C17H16N6O3. The van der Waals surface area contributed by atoms with E-state index >= 15 is 0 Å². The zero-order chi connectivity index (χ0) is 18.4. The van der Waals surface area contributed by atoms with E-state index in [2.05, 4.69) is 9.97 Å². The molecule has 3 N–H and O–H groups in total. The molecule has 4 aromatic rings. The first-order valence-electron chi connectivity index (χ1n) is 7.95. The Balaban J connectivity index is 1.96. The molecule has 0 spiro atoms. The summed E-state index contributed by atoms with van der Waals surface area (Å²) < 4.78 is 4.76. The predicted molar refractivity (Wildman–Crippen MR) is 94.4 cm³/mol. The number of fused-ring (bicyclic) bond motifs is 2. The predicted octanol–water partition coefficient (Wildman–Crippen LogP) is 0.326. The van der Waals surface area contributed by atoms with Crippen molar-refractivity contribution in [2.24, 2.45) is 12.8 Å². The number of carboxylic acid groups (broad SMARTS) is 1. The number of hydrogen-bond acceptors (Lipinski definition) is 5. The van der Waals surface area contributed by atoms with Crippen LogP contribution in [0.15, 0.2) is 47.7 Å². The van der Waals surface area contributed by atoms with Gasteiger partial charge in [0.25, 0.3) is 0 Å². The van der Waals surface area contributed by atoms with Gasteiger partial charge in [0.05, 0.1) is 11.2 Å². The largest absolute Gasteiger partial charge is 0.480 e. The van der Waals surface area contributed by atoms with Gasteiger partial charge in [0.15, 0.2) is 11.3 Å². The van der Waals surface area contributed by atoms with Crippen LogP contribution in [-0.4, -0.2) is 40.6 Å². The number of aromatic nitrogens is 5. The zero-order valence-electron chi connectivity index (χ0n) is 13.9. The molecule has 0 fully saturated rings. The third-order valence-corrected chi connectivity index (χ3v) is 4.42. The highest BCUT2D eigenvalue weighted by atomic mass is 16.4.